The molecule has 0 saturated carbocycles. The van der Waals surface area contributed by atoms with Crippen molar-refractivity contribution in [1.29, 1.82) is 0 Å². The van der Waals surface area contributed by atoms with Crippen LogP contribution in [0.1, 0.15) is 18.1 Å². The van der Waals surface area contributed by atoms with Crippen LogP contribution in [0.15, 0.2) is 18.2 Å². The number of methoxy groups -OCH3 is 1. The second kappa shape index (κ2) is 4.98. The number of hydrogen-bond acceptors (Lipinski definition) is 3. The Morgan fingerprint density at radius 2 is 2.14 bits per heavy atom. The van der Waals surface area contributed by atoms with Crippen LogP contribution in [0.25, 0.3) is 0 Å². The Balaban J connectivity index is 2.78. The Bertz CT molecular complexity index is 295. The number of aromatic hydroxyl groups is 1. The first kappa shape index (κ1) is 11.0. The number of ether oxygens (including phenoxy) is 1. The van der Waals surface area contributed by atoms with E-state index in [1.54, 1.807) is 20.1 Å². The molecule has 0 aliphatic carbocycles. The van der Waals surface area contributed by atoms with Crippen LogP contribution in [0.4, 0.5) is 0 Å². The van der Waals surface area contributed by atoms with Gasteiger partial charge in [-0.3, -0.25) is 0 Å². The van der Waals surface area contributed by atoms with Crippen LogP contribution < -0.4 is 0 Å². The van der Waals surface area contributed by atoms with Crippen molar-refractivity contribution in [3.05, 3.63) is 29.3 Å². The first-order valence-electron chi connectivity index (χ1n) is 4.61. The molecule has 3 heteroatoms. The zero-order chi connectivity index (χ0) is 10.6. The van der Waals surface area contributed by atoms with E-state index in [-0.39, 0.29) is 11.9 Å². The molecular weight excluding hydrogens is 180 g/mol. The van der Waals surface area contributed by atoms with Crippen LogP contribution in [0, 0.1) is 0 Å². The Kier molecular flexibility index (Phi) is 3.92. The number of aliphatic hydroxyl groups excluding tert-OH is 1. The van der Waals surface area contributed by atoms with Gasteiger partial charge >= 0.3 is 0 Å². The van der Waals surface area contributed by atoms with Crippen LogP contribution in [-0.2, 0) is 17.8 Å². The van der Waals surface area contributed by atoms with E-state index in [1.807, 2.05) is 12.1 Å². The highest BCUT2D eigenvalue weighted by Crippen LogP contribution is 2.20. The Morgan fingerprint density at radius 3 is 2.64 bits per heavy atom. The third kappa shape index (κ3) is 3.01. The number of benzene rings is 1. The van der Waals surface area contributed by atoms with Gasteiger partial charge in [0.15, 0.2) is 0 Å². The molecule has 0 fully saturated rings. The predicted molar refractivity (Wildman–Crippen MR) is 54.2 cm³/mol. The smallest absolute Gasteiger partial charge is 0.121 e. The van der Waals surface area contributed by atoms with Crippen molar-refractivity contribution in [2.24, 2.45) is 0 Å². The van der Waals surface area contributed by atoms with Gasteiger partial charge in [0.25, 0.3) is 0 Å². The van der Waals surface area contributed by atoms with E-state index in [4.69, 9.17) is 9.84 Å². The van der Waals surface area contributed by atoms with Gasteiger partial charge in [0.1, 0.15) is 5.75 Å². The van der Waals surface area contributed by atoms with E-state index in [2.05, 4.69) is 0 Å². The molecule has 0 aliphatic heterocycles. The minimum Gasteiger partial charge on any atom is -0.508 e. The monoisotopic (exact) mass is 196 g/mol. The van der Waals surface area contributed by atoms with Gasteiger partial charge < -0.3 is 14.9 Å². The number of phenolic OH excluding ortho intramolecular Hbond substituents is 1. The first-order chi connectivity index (χ1) is 6.63. The van der Waals surface area contributed by atoms with Gasteiger partial charge in [0, 0.05) is 12.7 Å². The quantitative estimate of drug-likeness (QED) is 0.766. The van der Waals surface area contributed by atoms with Crippen molar-refractivity contribution in [1.82, 2.24) is 0 Å². The maximum absolute atomic E-state index is 9.57. The lowest BCUT2D eigenvalue weighted by molar-refractivity contribution is 0.181. The molecule has 0 amide bonds. The van der Waals surface area contributed by atoms with Crippen LogP contribution >= 0.6 is 0 Å². The second-order valence-corrected chi connectivity index (χ2v) is 3.45. The summed E-state index contributed by atoms with van der Waals surface area (Å²) in [4.78, 5) is 0. The van der Waals surface area contributed by atoms with Crippen molar-refractivity contribution < 1.29 is 14.9 Å². The van der Waals surface area contributed by atoms with Gasteiger partial charge in [-0.05, 0) is 25.0 Å². The fourth-order valence-corrected chi connectivity index (χ4v) is 1.36. The molecule has 0 aromatic heterocycles. The molecule has 1 unspecified atom stereocenters. The van der Waals surface area contributed by atoms with E-state index >= 15 is 0 Å². The molecule has 0 bridgehead atoms. The number of rotatable bonds is 4. The SMILES string of the molecule is COCc1ccc(CC(C)O)cc1O. The van der Waals surface area contributed by atoms with Gasteiger partial charge in [-0.25, -0.2) is 0 Å². The summed E-state index contributed by atoms with van der Waals surface area (Å²) in [5, 5.41) is 18.7. The van der Waals surface area contributed by atoms with Gasteiger partial charge in [-0.2, -0.15) is 0 Å². The number of aliphatic hydroxyl groups is 1. The summed E-state index contributed by atoms with van der Waals surface area (Å²) in [6.07, 6.45) is 0.170. The molecule has 0 aliphatic rings. The van der Waals surface area contributed by atoms with E-state index in [1.165, 1.54) is 0 Å². The second-order valence-electron chi connectivity index (χ2n) is 3.45. The van der Waals surface area contributed by atoms with E-state index in [0.29, 0.717) is 13.0 Å². The van der Waals surface area contributed by atoms with Gasteiger partial charge in [0.2, 0.25) is 0 Å². The molecule has 0 heterocycles. The summed E-state index contributed by atoms with van der Waals surface area (Å²) >= 11 is 0. The summed E-state index contributed by atoms with van der Waals surface area (Å²) in [5.41, 5.74) is 1.69. The molecular formula is C11H16O3. The minimum absolute atomic E-state index is 0.227. The van der Waals surface area contributed by atoms with Crippen molar-refractivity contribution in [3.63, 3.8) is 0 Å². The fraction of sp³-hybridized carbons (Fsp3) is 0.455. The Hall–Kier alpha value is -1.06. The molecule has 3 nitrogen and oxygen atoms in total. The summed E-state index contributed by atoms with van der Waals surface area (Å²) in [5.74, 6) is 0.227. The standard InChI is InChI=1S/C11H16O3/c1-8(12)5-9-3-4-10(7-14-2)11(13)6-9/h3-4,6,8,12-13H,5,7H2,1-2H3. The average molecular weight is 196 g/mol. The number of phenols is 1. The molecule has 2 N–H and O–H groups in total. The number of hydrogen-bond donors (Lipinski definition) is 2. The minimum atomic E-state index is -0.386. The highest BCUT2D eigenvalue weighted by atomic mass is 16.5. The highest BCUT2D eigenvalue weighted by molar-refractivity contribution is 5.36. The molecule has 0 radical (unpaired) electrons. The molecule has 78 valence electrons. The van der Waals surface area contributed by atoms with Crippen LogP contribution in [0.3, 0.4) is 0 Å². The largest absolute Gasteiger partial charge is 0.508 e. The van der Waals surface area contributed by atoms with E-state index in [0.717, 1.165) is 11.1 Å². The molecule has 0 saturated heterocycles. The Labute approximate surface area is 84.0 Å². The molecule has 1 aromatic carbocycles. The topological polar surface area (TPSA) is 49.7 Å². The third-order valence-electron chi connectivity index (χ3n) is 1.98. The molecule has 14 heavy (non-hydrogen) atoms. The van der Waals surface area contributed by atoms with E-state index < -0.39 is 0 Å². The maximum atomic E-state index is 9.57. The lowest BCUT2D eigenvalue weighted by Crippen LogP contribution is -2.04. The summed E-state index contributed by atoms with van der Waals surface area (Å²) in [6, 6.07) is 5.37. The van der Waals surface area contributed by atoms with Gasteiger partial charge in [-0.15, -0.1) is 0 Å². The van der Waals surface area contributed by atoms with Crippen molar-refractivity contribution in [2.75, 3.05) is 7.11 Å². The predicted octanol–water partition coefficient (Wildman–Crippen LogP) is 1.46. The zero-order valence-corrected chi connectivity index (χ0v) is 8.53. The van der Waals surface area contributed by atoms with Crippen LogP contribution in [-0.4, -0.2) is 23.4 Å². The first-order valence-corrected chi connectivity index (χ1v) is 4.61. The van der Waals surface area contributed by atoms with Crippen molar-refractivity contribution in [2.45, 2.75) is 26.1 Å². The lowest BCUT2D eigenvalue weighted by Gasteiger charge is -2.07. The van der Waals surface area contributed by atoms with Gasteiger partial charge in [-0.1, -0.05) is 12.1 Å². The summed E-state index contributed by atoms with van der Waals surface area (Å²) < 4.78 is 4.92. The average Bonchev–Trinajstić information content (AvgIpc) is 2.09. The molecule has 1 atom stereocenters. The molecule has 1 aromatic rings. The van der Waals surface area contributed by atoms with Crippen LogP contribution in [0.2, 0.25) is 0 Å². The van der Waals surface area contributed by atoms with Crippen LogP contribution in [0.5, 0.6) is 5.75 Å². The molecule has 1 rings (SSSR count). The summed E-state index contributed by atoms with van der Waals surface area (Å²) in [6.45, 7) is 2.13. The highest BCUT2D eigenvalue weighted by Gasteiger charge is 2.04. The zero-order valence-electron chi connectivity index (χ0n) is 8.53. The lowest BCUT2D eigenvalue weighted by atomic mass is 10.1. The molecule has 0 spiro atoms. The van der Waals surface area contributed by atoms with Crippen molar-refractivity contribution in [3.8, 4) is 5.75 Å². The fourth-order valence-electron chi connectivity index (χ4n) is 1.36. The van der Waals surface area contributed by atoms with Gasteiger partial charge in [0.05, 0.1) is 12.7 Å². The van der Waals surface area contributed by atoms with Crippen molar-refractivity contribution >= 4 is 0 Å². The Morgan fingerprint density at radius 1 is 1.43 bits per heavy atom. The third-order valence-corrected chi connectivity index (χ3v) is 1.98. The normalized spacial score (nSPS) is 12.8. The van der Waals surface area contributed by atoms with E-state index in [9.17, 15) is 5.11 Å². The summed E-state index contributed by atoms with van der Waals surface area (Å²) in [7, 11) is 1.59. The maximum Gasteiger partial charge on any atom is 0.121 e.